The monoisotopic (exact) mass is 434 g/mol. The topological polar surface area (TPSA) is 43.0 Å². The molecule has 1 heterocycles. The summed E-state index contributed by atoms with van der Waals surface area (Å²) in [6.45, 7) is 2.51. The molecule has 0 bridgehead atoms. The minimum absolute atomic E-state index is 0.0961. The molecule has 1 N–H and O–H groups in total. The lowest BCUT2D eigenvalue weighted by atomic mass is 9.89. The third-order valence-corrected chi connectivity index (χ3v) is 5.48. The molecule has 1 unspecified atom stereocenters. The van der Waals surface area contributed by atoms with Crippen LogP contribution in [0.4, 0.5) is 0 Å². The first-order valence-electron chi connectivity index (χ1n) is 9.08. The van der Waals surface area contributed by atoms with Crippen LogP contribution in [-0.2, 0) is 6.42 Å². The minimum Gasteiger partial charge on any atom is -0.493 e. The Morgan fingerprint density at radius 2 is 1.81 bits per heavy atom. The number of hydrogen-bond acceptors (Lipinski definition) is 5. The van der Waals surface area contributed by atoms with Gasteiger partial charge in [-0.1, -0.05) is 22.0 Å². The van der Waals surface area contributed by atoms with Gasteiger partial charge >= 0.3 is 0 Å². The first kappa shape index (κ1) is 20.0. The number of ether oxygens (including phenoxy) is 3. The lowest BCUT2D eigenvalue weighted by Gasteiger charge is -2.29. The minimum atomic E-state index is 0.0961. The molecule has 0 spiro atoms. The summed E-state index contributed by atoms with van der Waals surface area (Å²) < 4.78 is 17.8. The number of benzene rings is 2. The van der Waals surface area contributed by atoms with E-state index in [0.29, 0.717) is 12.4 Å². The largest absolute Gasteiger partial charge is 0.493 e. The first-order chi connectivity index (χ1) is 13.0. The van der Waals surface area contributed by atoms with Crippen molar-refractivity contribution in [2.45, 2.75) is 12.5 Å². The molecule has 0 amide bonds. The van der Waals surface area contributed by atoms with Crippen molar-refractivity contribution < 1.29 is 14.2 Å². The fourth-order valence-electron chi connectivity index (χ4n) is 3.35. The SMILES string of the molecule is COc1cc(Br)c(C2NCCc3cc(OCCN(C)C)ccc32)cc1OC. The number of hydrogen-bond donors (Lipinski definition) is 1. The summed E-state index contributed by atoms with van der Waals surface area (Å²) in [6, 6.07) is 10.5. The highest BCUT2D eigenvalue weighted by Gasteiger charge is 2.25. The van der Waals surface area contributed by atoms with E-state index in [1.54, 1.807) is 14.2 Å². The van der Waals surface area contributed by atoms with Gasteiger partial charge in [-0.25, -0.2) is 0 Å². The molecular weight excluding hydrogens is 408 g/mol. The summed E-state index contributed by atoms with van der Waals surface area (Å²) in [7, 11) is 7.41. The molecule has 0 radical (unpaired) electrons. The molecule has 0 aliphatic carbocycles. The van der Waals surface area contributed by atoms with E-state index in [1.165, 1.54) is 11.1 Å². The van der Waals surface area contributed by atoms with Gasteiger partial charge in [-0.15, -0.1) is 0 Å². The first-order valence-corrected chi connectivity index (χ1v) is 9.88. The quantitative estimate of drug-likeness (QED) is 0.720. The summed E-state index contributed by atoms with van der Waals surface area (Å²) in [5.41, 5.74) is 3.73. The highest BCUT2D eigenvalue weighted by atomic mass is 79.9. The number of nitrogens with zero attached hydrogens (tertiary/aromatic N) is 1. The number of halogens is 1. The van der Waals surface area contributed by atoms with Crippen molar-refractivity contribution in [2.75, 3.05) is 48.0 Å². The normalized spacial score (nSPS) is 16.1. The number of rotatable bonds is 7. The van der Waals surface area contributed by atoms with Gasteiger partial charge in [-0.3, -0.25) is 0 Å². The molecule has 5 nitrogen and oxygen atoms in total. The Morgan fingerprint density at radius 1 is 1.07 bits per heavy atom. The van der Waals surface area contributed by atoms with E-state index in [2.05, 4.69) is 44.3 Å². The van der Waals surface area contributed by atoms with E-state index in [0.717, 1.165) is 41.0 Å². The lowest BCUT2D eigenvalue weighted by Crippen LogP contribution is -2.31. The van der Waals surface area contributed by atoms with E-state index in [9.17, 15) is 0 Å². The van der Waals surface area contributed by atoms with E-state index < -0.39 is 0 Å². The molecule has 0 saturated heterocycles. The summed E-state index contributed by atoms with van der Waals surface area (Å²) in [4.78, 5) is 2.12. The zero-order chi connectivity index (χ0) is 19.4. The molecule has 146 valence electrons. The zero-order valence-electron chi connectivity index (χ0n) is 16.3. The molecule has 1 atom stereocenters. The summed E-state index contributed by atoms with van der Waals surface area (Å²) >= 11 is 3.70. The highest BCUT2D eigenvalue weighted by Crippen LogP contribution is 2.40. The molecule has 0 saturated carbocycles. The van der Waals surface area contributed by atoms with Crippen LogP contribution >= 0.6 is 15.9 Å². The maximum absolute atomic E-state index is 5.91. The van der Waals surface area contributed by atoms with Gasteiger partial charge in [0.1, 0.15) is 12.4 Å². The van der Waals surface area contributed by atoms with Crippen molar-refractivity contribution >= 4 is 15.9 Å². The predicted octanol–water partition coefficient (Wildman–Crippen LogP) is 3.64. The smallest absolute Gasteiger partial charge is 0.161 e. The van der Waals surface area contributed by atoms with Gasteiger partial charge in [0.25, 0.3) is 0 Å². The van der Waals surface area contributed by atoms with Crippen molar-refractivity contribution in [2.24, 2.45) is 0 Å². The molecule has 2 aromatic rings. The van der Waals surface area contributed by atoms with Gasteiger partial charge in [0.05, 0.1) is 20.3 Å². The van der Waals surface area contributed by atoms with Crippen LogP contribution in [0.2, 0.25) is 0 Å². The number of likely N-dealkylation sites (N-methyl/N-ethyl adjacent to an activating group) is 1. The van der Waals surface area contributed by atoms with Crippen LogP contribution in [0.25, 0.3) is 0 Å². The van der Waals surface area contributed by atoms with Crippen LogP contribution < -0.4 is 19.5 Å². The van der Waals surface area contributed by atoms with E-state index in [4.69, 9.17) is 14.2 Å². The van der Waals surface area contributed by atoms with Gasteiger partial charge < -0.3 is 24.4 Å². The Morgan fingerprint density at radius 3 is 2.52 bits per heavy atom. The second kappa shape index (κ2) is 8.95. The van der Waals surface area contributed by atoms with Gasteiger partial charge in [0.15, 0.2) is 11.5 Å². The van der Waals surface area contributed by atoms with Crippen LogP contribution in [0, 0.1) is 0 Å². The van der Waals surface area contributed by atoms with Crippen LogP contribution in [0.1, 0.15) is 22.7 Å². The van der Waals surface area contributed by atoms with Crippen molar-refractivity contribution in [1.82, 2.24) is 10.2 Å². The fraction of sp³-hybridized carbons (Fsp3) is 0.429. The Bertz CT molecular complexity index is 795. The molecule has 0 fully saturated rings. The van der Waals surface area contributed by atoms with Crippen LogP contribution in [0.3, 0.4) is 0 Å². The number of fused-ring (bicyclic) bond motifs is 1. The number of nitrogens with one attached hydrogen (secondary N) is 1. The Labute approximate surface area is 169 Å². The average molecular weight is 435 g/mol. The Kier molecular flexibility index (Phi) is 6.63. The van der Waals surface area contributed by atoms with Crippen LogP contribution in [-0.4, -0.2) is 52.9 Å². The lowest BCUT2D eigenvalue weighted by molar-refractivity contribution is 0.261. The third-order valence-electron chi connectivity index (χ3n) is 4.79. The van der Waals surface area contributed by atoms with E-state index >= 15 is 0 Å². The molecule has 27 heavy (non-hydrogen) atoms. The van der Waals surface area contributed by atoms with Gasteiger partial charge in [0, 0.05) is 17.6 Å². The highest BCUT2D eigenvalue weighted by molar-refractivity contribution is 9.10. The third kappa shape index (κ3) is 4.57. The van der Waals surface area contributed by atoms with Crippen LogP contribution in [0.15, 0.2) is 34.8 Å². The van der Waals surface area contributed by atoms with Crippen molar-refractivity contribution in [1.29, 1.82) is 0 Å². The van der Waals surface area contributed by atoms with Gasteiger partial charge in [-0.2, -0.15) is 0 Å². The maximum Gasteiger partial charge on any atom is 0.161 e. The maximum atomic E-state index is 5.91. The molecular formula is C21H27BrN2O3. The van der Waals surface area contributed by atoms with Crippen molar-refractivity contribution in [3.8, 4) is 17.2 Å². The summed E-state index contributed by atoms with van der Waals surface area (Å²) in [5, 5.41) is 3.62. The zero-order valence-corrected chi connectivity index (χ0v) is 17.9. The van der Waals surface area contributed by atoms with E-state index in [1.807, 2.05) is 26.2 Å². The second-order valence-electron chi connectivity index (χ2n) is 6.88. The summed E-state index contributed by atoms with van der Waals surface area (Å²) in [6.07, 6.45) is 0.988. The molecule has 1 aliphatic heterocycles. The van der Waals surface area contributed by atoms with Crippen molar-refractivity contribution in [3.63, 3.8) is 0 Å². The Balaban J connectivity index is 1.88. The molecule has 2 aromatic carbocycles. The van der Waals surface area contributed by atoms with Crippen LogP contribution in [0.5, 0.6) is 17.2 Å². The van der Waals surface area contributed by atoms with E-state index in [-0.39, 0.29) is 6.04 Å². The number of methoxy groups -OCH3 is 2. The summed E-state index contributed by atoms with van der Waals surface area (Å²) in [5.74, 6) is 2.38. The molecule has 1 aliphatic rings. The predicted molar refractivity (Wildman–Crippen MR) is 111 cm³/mol. The van der Waals surface area contributed by atoms with Gasteiger partial charge in [0.2, 0.25) is 0 Å². The average Bonchev–Trinajstić information content (AvgIpc) is 2.67. The van der Waals surface area contributed by atoms with Crippen molar-refractivity contribution in [3.05, 3.63) is 51.5 Å². The second-order valence-corrected chi connectivity index (χ2v) is 7.73. The standard InChI is InChI=1S/C21H27BrN2O3/c1-24(2)9-10-27-15-5-6-16-14(11-15)7-8-23-21(16)17-12-19(25-3)20(26-4)13-18(17)22/h5-6,11-13,21,23H,7-10H2,1-4H3. The Hall–Kier alpha value is -1.76. The fourth-order valence-corrected chi connectivity index (χ4v) is 3.90. The molecule has 3 rings (SSSR count). The molecule has 0 aromatic heterocycles. The van der Waals surface area contributed by atoms with Gasteiger partial charge in [-0.05, 0) is 61.5 Å². The molecule has 6 heteroatoms.